The van der Waals surface area contributed by atoms with Gasteiger partial charge in [-0.15, -0.1) is 0 Å². The molecule has 0 aliphatic rings. The molecular formula is C10H18O7Si. The molecule has 0 saturated carbocycles. The molecule has 0 aliphatic heterocycles. The summed E-state index contributed by atoms with van der Waals surface area (Å²) in [5.41, 5.74) is -0.159. The van der Waals surface area contributed by atoms with Crippen LogP contribution in [0.1, 0.15) is 12.8 Å². The predicted octanol–water partition coefficient (Wildman–Crippen LogP) is 0.740. The minimum absolute atomic E-state index is 0.118. The molecule has 0 rings (SSSR count). The lowest BCUT2D eigenvalue weighted by Gasteiger charge is -2.24. The highest BCUT2D eigenvalue weighted by atomic mass is 28.4. The van der Waals surface area contributed by atoms with Crippen molar-refractivity contribution in [3.05, 3.63) is 11.6 Å². The Kier molecular flexibility index (Phi) is 7.44. The first-order chi connectivity index (χ1) is 8.40. The first-order valence-corrected chi connectivity index (χ1v) is 7.16. The van der Waals surface area contributed by atoms with Crippen LogP contribution in [0.3, 0.4) is 0 Å². The molecule has 7 nitrogen and oxygen atoms in total. The summed E-state index contributed by atoms with van der Waals surface area (Å²) in [5, 5.41) is 17.3. The van der Waals surface area contributed by atoms with Gasteiger partial charge < -0.3 is 23.5 Å². The van der Waals surface area contributed by atoms with Gasteiger partial charge in [-0.25, -0.2) is 9.59 Å². The molecule has 0 heterocycles. The van der Waals surface area contributed by atoms with E-state index in [-0.39, 0.29) is 12.0 Å². The lowest BCUT2D eigenvalue weighted by Crippen LogP contribution is -2.42. The zero-order chi connectivity index (χ0) is 14.2. The summed E-state index contributed by atoms with van der Waals surface area (Å²) in [6.45, 7) is 0. The van der Waals surface area contributed by atoms with Gasteiger partial charge in [0.05, 0.1) is 0 Å². The molecule has 18 heavy (non-hydrogen) atoms. The number of carboxylic acid groups (broad SMARTS) is 2. The second-order valence-electron chi connectivity index (χ2n) is 3.46. The fourth-order valence-corrected chi connectivity index (χ4v) is 3.16. The number of rotatable bonds is 9. The Morgan fingerprint density at radius 1 is 1.11 bits per heavy atom. The van der Waals surface area contributed by atoms with Gasteiger partial charge in [-0.05, 0) is 12.8 Å². The minimum atomic E-state index is -2.73. The first-order valence-electron chi connectivity index (χ1n) is 5.23. The van der Waals surface area contributed by atoms with Crippen molar-refractivity contribution in [3.8, 4) is 0 Å². The van der Waals surface area contributed by atoms with Crippen molar-refractivity contribution in [2.75, 3.05) is 21.3 Å². The second kappa shape index (κ2) is 7.98. The highest BCUT2D eigenvalue weighted by molar-refractivity contribution is 6.60. The summed E-state index contributed by atoms with van der Waals surface area (Å²) < 4.78 is 15.5. The Morgan fingerprint density at radius 2 is 1.61 bits per heavy atom. The highest BCUT2D eigenvalue weighted by Crippen LogP contribution is 2.18. The van der Waals surface area contributed by atoms with Crippen molar-refractivity contribution in [3.63, 3.8) is 0 Å². The Labute approximate surface area is 106 Å². The summed E-state index contributed by atoms with van der Waals surface area (Å²) in [6, 6.07) is 0.417. The summed E-state index contributed by atoms with van der Waals surface area (Å²) in [7, 11) is 1.66. The molecule has 0 spiro atoms. The average Bonchev–Trinajstić information content (AvgIpc) is 2.33. The highest BCUT2D eigenvalue weighted by Gasteiger charge is 2.37. The molecule has 0 unspecified atom stereocenters. The van der Waals surface area contributed by atoms with E-state index in [0.29, 0.717) is 18.5 Å². The van der Waals surface area contributed by atoms with Gasteiger partial charge in [0.15, 0.2) is 0 Å². The summed E-state index contributed by atoms with van der Waals surface area (Å²) in [5.74, 6) is -2.52. The van der Waals surface area contributed by atoms with Gasteiger partial charge in [-0.2, -0.15) is 0 Å². The van der Waals surface area contributed by atoms with Gasteiger partial charge in [-0.3, -0.25) is 0 Å². The van der Waals surface area contributed by atoms with E-state index >= 15 is 0 Å². The maximum absolute atomic E-state index is 10.8. The largest absolute Gasteiger partial charge is 0.500 e. The molecule has 0 bridgehead atoms. The molecule has 0 aromatic heterocycles. The molecule has 0 aliphatic carbocycles. The fraction of sp³-hybridized carbons (Fsp3) is 0.600. The van der Waals surface area contributed by atoms with Crippen molar-refractivity contribution >= 4 is 20.7 Å². The van der Waals surface area contributed by atoms with Crippen molar-refractivity contribution in [1.82, 2.24) is 0 Å². The van der Waals surface area contributed by atoms with Crippen molar-refractivity contribution in [1.29, 1.82) is 0 Å². The van der Waals surface area contributed by atoms with Gasteiger partial charge in [0.1, 0.15) is 0 Å². The quantitative estimate of drug-likeness (QED) is 0.473. The SMILES string of the molecule is CO[Si](CCC/C(=C\C(=O)O)C(=O)O)(OC)OC. The van der Waals surface area contributed by atoms with Crippen molar-refractivity contribution in [2.45, 2.75) is 18.9 Å². The molecule has 0 radical (unpaired) electrons. The maximum Gasteiger partial charge on any atom is 0.500 e. The van der Waals surface area contributed by atoms with Crippen LogP contribution in [-0.2, 0) is 22.9 Å². The summed E-state index contributed by atoms with van der Waals surface area (Å²) in [4.78, 5) is 21.2. The minimum Gasteiger partial charge on any atom is -0.478 e. The van der Waals surface area contributed by atoms with E-state index in [1.807, 2.05) is 0 Å². The maximum atomic E-state index is 10.8. The lowest BCUT2D eigenvalue weighted by atomic mass is 10.1. The van der Waals surface area contributed by atoms with Crippen LogP contribution in [-0.4, -0.2) is 52.3 Å². The molecular weight excluding hydrogens is 260 g/mol. The number of hydrogen-bond donors (Lipinski definition) is 2. The lowest BCUT2D eigenvalue weighted by molar-refractivity contribution is -0.135. The van der Waals surface area contributed by atoms with Crippen LogP contribution in [0.15, 0.2) is 11.6 Å². The molecule has 104 valence electrons. The zero-order valence-corrected chi connectivity index (χ0v) is 11.6. The van der Waals surface area contributed by atoms with Gasteiger partial charge in [0.25, 0.3) is 0 Å². The Hall–Kier alpha value is -1.22. The van der Waals surface area contributed by atoms with Gasteiger partial charge in [0.2, 0.25) is 0 Å². The van der Waals surface area contributed by atoms with E-state index in [9.17, 15) is 9.59 Å². The topological polar surface area (TPSA) is 102 Å². The van der Waals surface area contributed by atoms with E-state index in [1.165, 1.54) is 21.3 Å². The van der Waals surface area contributed by atoms with Crippen LogP contribution < -0.4 is 0 Å². The van der Waals surface area contributed by atoms with Gasteiger partial charge >= 0.3 is 20.7 Å². The number of carboxylic acids is 2. The zero-order valence-electron chi connectivity index (χ0n) is 10.6. The van der Waals surface area contributed by atoms with Crippen molar-refractivity contribution in [2.24, 2.45) is 0 Å². The third kappa shape index (κ3) is 5.41. The van der Waals surface area contributed by atoms with E-state index in [4.69, 9.17) is 23.5 Å². The van der Waals surface area contributed by atoms with Crippen molar-refractivity contribution < 1.29 is 33.1 Å². The van der Waals surface area contributed by atoms with E-state index in [2.05, 4.69) is 0 Å². The third-order valence-corrected chi connectivity index (χ3v) is 5.27. The summed E-state index contributed by atoms with van der Waals surface area (Å²) in [6.07, 6.45) is 1.22. The van der Waals surface area contributed by atoms with Crippen LogP contribution in [0.4, 0.5) is 0 Å². The van der Waals surface area contributed by atoms with Crippen LogP contribution in [0.25, 0.3) is 0 Å². The number of aliphatic carboxylic acids is 2. The average molecular weight is 278 g/mol. The van der Waals surface area contributed by atoms with Crippen LogP contribution in [0.5, 0.6) is 0 Å². The number of carbonyl (C=O) groups is 2. The molecule has 0 saturated heterocycles. The number of hydrogen-bond acceptors (Lipinski definition) is 5. The normalized spacial score (nSPS) is 12.5. The molecule has 0 atom stereocenters. The Morgan fingerprint density at radius 3 is 1.94 bits per heavy atom. The molecule has 0 aromatic carbocycles. The van der Waals surface area contributed by atoms with Gasteiger partial charge in [-0.1, -0.05) is 0 Å². The van der Waals surface area contributed by atoms with Crippen LogP contribution in [0, 0.1) is 0 Å². The molecule has 0 fully saturated rings. The van der Waals surface area contributed by atoms with Gasteiger partial charge in [0, 0.05) is 39.0 Å². The smallest absolute Gasteiger partial charge is 0.478 e. The molecule has 0 amide bonds. The third-order valence-electron chi connectivity index (χ3n) is 2.43. The molecule has 8 heteroatoms. The van der Waals surface area contributed by atoms with E-state index in [0.717, 1.165) is 0 Å². The molecule has 2 N–H and O–H groups in total. The van der Waals surface area contributed by atoms with E-state index < -0.39 is 20.7 Å². The Balaban J connectivity index is 4.47. The summed E-state index contributed by atoms with van der Waals surface area (Å²) >= 11 is 0. The fourth-order valence-electron chi connectivity index (χ4n) is 1.44. The first kappa shape index (κ1) is 16.8. The van der Waals surface area contributed by atoms with Crippen LogP contribution >= 0.6 is 0 Å². The standard InChI is InChI=1S/C10H18O7Si/c1-15-18(16-2,17-3)6-4-5-8(10(13)14)7-9(11)12/h7H,4-6H2,1-3H3,(H,11,12)(H,13,14)/b8-7+. The second-order valence-corrected chi connectivity index (χ2v) is 6.55. The molecule has 0 aromatic rings. The van der Waals surface area contributed by atoms with Crippen LogP contribution in [0.2, 0.25) is 6.04 Å². The Bertz CT molecular complexity index is 314. The predicted molar refractivity (Wildman–Crippen MR) is 64.2 cm³/mol. The monoisotopic (exact) mass is 278 g/mol. The van der Waals surface area contributed by atoms with E-state index in [1.54, 1.807) is 0 Å².